The van der Waals surface area contributed by atoms with Gasteiger partial charge in [-0.15, -0.1) is 0 Å². The fourth-order valence-corrected chi connectivity index (χ4v) is 1.94. The highest BCUT2D eigenvalue weighted by atomic mass is 16.5. The molecule has 2 aromatic heterocycles. The van der Waals surface area contributed by atoms with Crippen molar-refractivity contribution in [3.05, 3.63) is 6.20 Å². The second-order valence-electron chi connectivity index (χ2n) is 4.28. The van der Waals surface area contributed by atoms with Crippen molar-refractivity contribution in [3.63, 3.8) is 0 Å². The highest BCUT2D eigenvalue weighted by Crippen LogP contribution is 2.23. The maximum absolute atomic E-state index is 5.77. The van der Waals surface area contributed by atoms with E-state index >= 15 is 0 Å². The fourth-order valence-electron chi connectivity index (χ4n) is 1.94. The van der Waals surface area contributed by atoms with Gasteiger partial charge in [0.1, 0.15) is 5.39 Å². The first-order valence-electron chi connectivity index (χ1n) is 5.96. The monoisotopic (exact) mass is 249 g/mol. The molecule has 1 atom stereocenters. The molecule has 7 nitrogen and oxygen atoms in total. The molecule has 7 heteroatoms. The Kier molecular flexibility index (Phi) is 2.97. The van der Waals surface area contributed by atoms with Crippen LogP contribution in [0.25, 0.3) is 11.0 Å². The van der Waals surface area contributed by atoms with E-state index in [1.54, 1.807) is 13.2 Å². The molecule has 3 heterocycles. The molecular formula is C11H15N5O2. The molecule has 0 aliphatic carbocycles. The Bertz CT molecular complexity index is 535. The summed E-state index contributed by atoms with van der Waals surface area (Å²) in [6.07, 6.45) is 2.72. The normalized spacial score (nSPS) is 19.3. The van der Waals surface area contributed by atoms with Crippen LogP contribution in [0.3, 0.4) is 0 Å². The van der Waals surface area contributed by atoms with E-state index < -0.39 is 0 Å². The summed E-state index contributed by atoms with van der Waals surface area (Å²) < 4.78 is 11.1. The molecule has 1 aliphatic rings. The molecule has 2 N–H and O–H groups in total. The number of hydrogen-bond acceptors (Lipinski definition) is 6. The zero-order valence-electron chi connectivity index (χ0n) is 10.1. The topological polar surface area (TPSA) is 85.0 Å². The average molecular weight is 249 g/mol. The molecule has 0 amide bonds. The van der Waals surface area contributed by atoms with Crippen molar-refractivity contribution in [1.29, 1.82) is 0 Å². The van der Waals surface area contributed by atoms with Crippen molar-refractivity contribution in [3.8, 4) is 5.88 Å². The van der Waals surface area contributed by atoms with Gasteiger partial charge < -0.3 is 14.8 Å². The van der Waals surface area contributed by atoms with Crippen LogP contribution in [-0.4, -0.2) is 47.0 Å². The maximum atomic E-state index is 5.77. The van der Waals surface area contributed by atoms with Crippen molar-refractivity contribution in [1.82, 2.24) is 20.2 Å². The van der Waals surface area contributed by atoms with Crippen LogP contribution in [0, 0.1) is 5.92 Å². The number of fused-ring (bicyclic) bond motifs is 1. The third-order valence-electron chi connectivity index (χ3n) is 2.98. The quantitative estimate of drug-likeness (QED) is 0.834. The number of ether oxygens (including phenoxy) is 2. The second kappa shape index (κ2) is 4.77. The van der Waals surface area contributed by atoms with Crippen molar-refractivity contribution >= 4 is 17.0 Å². The molecule has 1 unspecified atom stereocenters. The summed E-state index contributed by atoms with van der Waals surface area (Å²) in [5.41, 5.74) is 0.673. The van der Waals surface area contributed by atoms with Crippen LogP contribution < -0.4 is 10.1 Å². The van der Waals surface area contributed by atoms with Crippen LogP contribution in [0.4, 0.5) is 5.95 Å². The second-order valence-corrected chi connectivity index (χ2v) is 4.28. The van der Waals surface area contributed by atoms with Gasteiger partial charge in [0.25, 0.3) is 0 Å². The smallest absolute Gasteiger partial charge is 0.229 e. The number of nitrogens with zero attached hydrogens (tertiary/aromatic N) is 3. The number of aromatic amines is 1. The van der Waals surface area contributed by atoms with E-state index in [-0.39, 0.29) is 0 Å². The highest BCUT2D eigenvalue weighted by Gasteiger charge is 2.18. The number of nitrogens with one attached hydrogen (secondary N) is 2. The zero-order chi connectivity index (χ0) is 12.4. The minimum atomic E-state index is 0.444. The van der Waals surface area contributed by atoms with E-state index in [0.717, 1.165) is 25.0 Å². The predicted molar refractivity (Wildman–Crippen MR) is 65.7 cm³/mol. The lowest BCUT2D eigenvalue weighted by atomic mass is 10.1. The summed E-state index contributed by atoms with van der Waals surface area (Å²) in [6, 6.07) is 0. The first-order valence-corrected chi connectivity index (χ1v) is 5.96. The van der Waals surface area contributed by atoms with E-state index in [1.165, 1.54) is 0 Å². The van der Waals surface area contributed by atoms with Gasteiger partial charge in [-0.2, -0.15) is 15.1 Å². The molecule has 2 aromatic rings. The van der Waals surface area contributed by atoms with Gasteiger partial charge in [-0.05, 0) is 6.42 Å². The Morgan fingerprint density at radius 1 is 1.56 bits per heavy atom. The molecule has 1 saturated heterocycles. The Labute approximate surface area is 104 Å². The molecule has 18 heavy (non-hydrogen) atoms. The molecular weight excluding hydrogens is 234 g/mol. The molecule has 0 bridgehead atoms. The van der Waals surface area contributed by atoms with E-state index in [0.29, 0.717) is 30.0 Å². The van der Waals surface area contributed by atoms with Gasteiger partial charge in [-0.3, -0.25) is 5.10 Å². The van der Waals surface area contributed by atoms with E-state index in [4.69, 9.17) is 9.47 Å². The summed E-state index contributed by atoms with van der Waals surface area (Å²) in [5, 5.41) is 10.5. The molecule has 3 rings (SSSR count). The van der Waals surface area contributed by atoms with Gasteiger partial charge in [0.2, 0.25) is 11.8 Å². The number of rotatable bonds is 4. The fraction of sp³-hybridized carbons (Fsp3) is 0.545. The summed E-state index contributed by atoms with van der Waals surface area (Å²) in [6.45, 7) is 2.19. The number of H-pyrrole nitrogens is 1. The molecule has 0 aromatic carbocycles. The lowest BCUT2D eigenvalue weighted by molar-refractivity contribution is 0.166. The lowest BCUT2D eigenvalue weighted by Gasteiger charge is -2.10. The lowest BCUT2D eigenvalue weighted by Crippen LogP contribution is -2.13. The zero-order valence-corrected chi connectivity index (χ0v) is 10.1. The number of anilines is 1. The standard InChI is InChI=1S/C11H15N5O2/c1-12-11-14-9-8(4-13-16-9)10(15-11)18-6-7-2-3-17-5-7/h4,7H,2-3,5-6H2,1H3,(H2,12,13,14,15,16). The summed E-state index contributed by atoms with van der Waals surface area (Å²) >= 11 is 0. The molecule has 1 fully saturated rings. The van der Waals surface area contributed by atoms with Crippen LogP contribution in [0.15, 0.2) is 6.20 Å². The van der Waals surface area contributed by atoms with Crippen LogP contribution >= 0.6 is 0 Å². The predicted octanol–water partition coefficient (Wildman–Crippen LogP) is 0.810. The number of hydrogen-bond donors (Lipinski definition) is 2. The van der Waals surface area contributed by atoms with Gasteiger partial charge in [0.05, 0.1) is 19.4 Å². The van der Waals surface area contributed by atoms with Crippen LogP contribution in [0.5, 0.6) is 5.88 Å². The average Bonchev–Trinajstić information content (AvgIpc) is 3.06. The molecule has 0 saturated carbocycles. The molecule has 96 valence electrons. The van der Waals surface area contributed by atoms with Gasteiger partial charge in [-0.25, -0.2) is 0 Å². The molecule has 1 aliphatic heterocycles. The third-order valence-corrected chi connectivity index (χ3v) is 2.98. The van der Waals surface area contributed by atoms with E-state index in [9.17, 15) is 0 Å². The molecule has 0 spiro atoms. The largest absolute Gasteiger partial charge is 0.477 e. The van der Waals surface area contributed by atoms with E-state index in [1.807, 2.05) is 0 Å². The number of aromatic nitrogens is 4. The van der Waals surface area contributed by atoms with Gasteiger partial charge in [0, 0.05) is 19.6 Å². The summed E-state index contributed by atoms with van der Waals surface area (Å²) in [5.74, 6) is 1.52. The first-order chi connectivity index (χ1) is 8.86. The molecule has 0 radical (unpaired) electrons. The van der Waals surface area contributed by atoms with Crippen molar-refractivity contribution < 1.29 is 9.47 Å². The summed E-state index contributed by atoms with van der Waals surface area (Å²) in [4.78, 5) is 8.56. The van der Waals surface area contributed by atoms with E-state index in [2.05, 4.69) is 25.5 Å². The summed E-state index contributed by atoms with van der Waals surface area (Å²) in [7, 11) is 1.77. The minimum absolute atomic E-state index is 0.444. The van der Waals surface area contributed by atoms with Crippen molar-refractivity contribution in [2.75, 3.05) is 32.2 Å². The third kappa shape index (κ3) is 2.08. The van der Waals surface area contributed by atoms with Crippen LogP contribution in [-0.2, 0) is 4.74 Å². The van der Waals surface area contributed by atoms with Gasteiger partial charge in [0.15, 0.2) is 5.65 Å². The Balaban J connectivity index is 1.82. The minimum Gasteiger partial charge on any atom is -0.477 e. The van der Waals surface area contributed by atoms with Crippen molar-refractivity contribution in [2.45, 2.75) is 6.42 Å². The Hall–Kier alpha value is -1.89. The highest BCUT2D eigenvalue weighted by molar-refractivity contribution is 5.80. The SMILES string of the molecule is CNc1nc(OCC2CCOC2)c2cn[nH]c2n1. The Morgan fingerprint density at radius 2 is 2.50 bits per heavy atom. The van der Waals surface area contributed by atoms with Gasteiger partial charge >= 0.3 is 0 Å². The van der Waals surface area contributed by atoms with Crippen LogP contribution in [0.1, 0.15) is 6.42 Å². The van der Waals surface area contributed by atoms with Crippen LogP contribution in [0.2, 0.25) is 0 Å². The van der Waals surface area contributed by atoms with Gasteiger partial charge in [-0.1, -0.05) is 0 Å². The maximum Gasteiger partial charge on any atom is 0.229 e. The Morgan fingerprint density at radius 3 is 3.28 bits per heavy atom. The van der Waals surface area contributed by atoms with Crippen molar-refractivity contribution in [2.24, 2.45) is 5.92 Å². The first kappa shape index (κ1) is 11.2.